The highest BCUT2D eigenvalue weighted by atomic mass is 35.5. The molecule has 36 heavy (non-hydrogen) atoms. The predicted molar refractivity (Wildman–Crippen MR) is 148 cm³/mol. The van der Waals surface area contributed by atoms with Crippen LogP contribution < -0.4 is 15.5 Å². The average molecular weight is 524 g/mol. The molecule has 4 rings (SSSR count). The Morgan fingerprint density at radius 3 is 2.17 bits per heavy atom. The highest BCUT2D eigenvalue weighted by Crippen LogP contribution is 2.30. The minimum Gasteiger partial charge on any atom is -0.371 e. The van der Waals surface area contributed by atoms with Crippen molar-refractivity contribution in [2.24, 2.45) is 5.92 Å². The van der Waals surface area contributed by atoms with Gasteiger partial charge in [0.2, 0.25) is 0 Å². The van der Waals surface area contributed by atoms with E-state index < -0.39 is 10.7 Å². The molecule has 3 aromatic rings. The van der Waals surface area contributed by atoms with Crippen LogP contribution in [-0.4, -0.2) is 36.3 Å². The summed E-state index contributed by atoms with van der Waals surface area (Å²) in [5.74, 6) is -0.0743. The average Bonchev–Trinajstić information content (AvgIpc) is 2.90. The summed E-state index contributed by atoms with van der Waals surface area (Å²) in [4.78, 5) is 26.4. The van der Waals surface area contributed by atoms with Gasteiger partial charge in [0.05, 0.1) is 5.56 Å². The number of carbonyl (C=O) groups is 2. The first-order valence-electron chi connectivity index (χ1n) is 12.3. The van der Waals surface area contributed by atoms with Gasteiger partial charge in [-0.3, -0.25) is 9.59 Å². The maximum Gasteiger partial charge on any atom is 0.257 e. The van der Waals surface area contributed by atoms with E-state index >= 15 is 0 Å². The minimum atomic E-state index is -1.18. The first-order chi connectivity index (χ1) is 17.5. The molecule has 0 radical (unpaired) electrons. The smallest absolute Gasteiger partial charge is 0.257 e. The molecule has 0 aliphatic carbocycles. The van der Waals surface area contributed by atoms with E-state index in [4.69, 9.17) is 23.2 Å². The molecule has 0 bridgehead atoms. The first kappa shape index (κ1) is 26.1. The summed E-state index contributed by atoms with van der Waals surface area (Å²) in [6, 6.07) is 26.0. The van der Waals surface area contributed by atoms with Crippen LogP contribution in [0.5, 0.6) is 0 Å². The molecular weight excluding hydrogens is 493 g/mol. The number of alkyl halides is 2. The molecule has 188 valence electrons. The molecule has 1 saturated heterocycles. The normalized spacial score (nSPS) is 14.0. The molecule has 7 heteroatoms. The Balaban J connectivity index is 1.45. The molecule has 3 aromatic carbocycles. The highest BCUT2D eigenvalue weighted by molar-refractivity contribution is 6.54. The summed E-state index contributed by atoms with van der Waals surface area (Å²) in [6.45, 7) is 2.27. The van der Waals surface area contributed by atoms with E-state index in [0.717, 1.165) is 50.0 Å². The van der Waals surface area contributed by atoms with Gasteiger partial charge in [0.25, 0.3) is 11.8 Å². The summed E-state index contributed by atoms with van der Waals surface area (Å²) < 4.78 is 0. The van der Waals surface area contributed by atoms with Crippen molar-refractivity contribution >= 4 is 46.4 Å². The summed E-state index contributed by atoms with van der Waals surface area (Å²) in [7, 11) is 0. The van der Waals surface area contributed by atoms with Gasteiger partial charge in [-0.15, -0.1) is 0 Å². The van der Waals surface area contributed by atoms with Crippen LogP contribution in [0.1, 0.15) is 34.3 Å². The Bertz CT molecular complexity index is 1150. The summed E-state index contributed by atoms with van der Waals surface area (Å²) in [5, 5.41) is 5.72. The number of amides is 2. The number of hydrogen-bond donors (Lipinski definition) is 2. The Labute approximate surface area is 222 Å². The Morgan fingerprint density at radius 1 is 0.889 bits per heavy atom. The fraction of sp³-hybridized carbons (Fsp3) is 0.310. The Hall–Kier alpha value is -3.02. The van der Waals surface area contributed by atoms with Gasteiger partial charge in [-0.1, -0.05) is 83.9 Å². The number of carbonyl (C=O) groups excluding carboxylic acids is 2. The molecule has 0 spiro atoms. The van der Waals surface area contributed by atoms with E-state index in [9.17, 15) is 9.59 Å². The second-order valence-electron chi connectivity index (χ2n) is 9.13. The standard InChI is InChI=1S/C29H31Cl2N3O2/c30-27(31)29(36)33-24-11-12-26(25(20-24)28(35)32-16-13-21-7-3-1-4-8-21)34-17-14-23(15-18-34)19-22-9-5-2-6-10-22/h1-12,20,23,27H,13-19H2,(H,32,35)(H,33,36). The molecule has 2 amide bonds. The lowest BCUT2D eigenvalue weighted by Crippen LogP contribution is -2.36. The van der Waals surface area contributed by atoms with Crippen LogP contribution in [0.2, 0.25) is 0 Å². The van der Waals surface area contributed by atoms with Crippen molar-refractivity contribution in [1.82, 2.24) is 5.32 Å². The lowest BCUT2D eigenvalue weighted by Gasteiger charge is -2.35. The minimum absolute atomic E-state index is 0.170. The lowest BCUT2D eigenvalue weighted by atomic mass is 9.89. The van der Waals surface area contributed by atoms with Gasteiger partial charge in [-0.05, 0) is 60.9 Å². The van der Waals surface area contributed by atoms with Crippen LogP contribution in [0.4, 0.5) is 11.4 Å². The van der Waals surface area contributed by atoms with E-state index in [0.29, 0.717) is 23.7 Å². The maximum absolute atomic E-state index is 13.3. The fourth-order valence-electron chi connectivity index (χ4n) is 4.65. The van der Waals surface area contributed by atoms with Gasteiger partial charge < -0.3 is 15.5 Å². The number of nitrogens with one attached hydrogen (secondary N) is 2. The molecule has 1 aliphatic rings. The number of hydrogen-bond acceptors (Lipinski definition) is 3. The number of piperidine rings is 1. The molecule has 0 aromatic heterocycles. The zero-order valence-electron chi connectivity index (χ0n) is 20.1. The topological polar surface area (TPSA) is 61.4 Å². The van der Waals surface area contributed by atoms with Crippen LogP contribution in [0, 0.1) is 5.92 Å². The van der Waals surface area contributed by atoms with Gasteiger partial charge >= 0.3 is 0 Å². The second-order valence-corrected chi connectivity index (χ2v) is 10.2. The van der Waals surface area contributed by atoms with Crippen molar-refractivity contribution < 1.29 is 9.59 Å². The van der Waals surface area contributed by atoms with Crippen LogP contribution in [0.3, 0.4) is 0 Å². The molecule has 1 fully saturated rings. The van der Waals surface area contributed by atoms with Gasteiger partial charge in [-0.25, -0.2) is 0 Å². The van der Waals surface area contributed by atoms with Crippen LogP contribution in [-0.2, 0) is 17.6 Å². The Morgan fingerprint density at radius 2 is 1.53 bits per heavy atom. The number of benzene rings is 3. The van der Waals surface area contributed by atoms with Gasteiger partial charge in [0.15, 0.2) is 4.84 Å². The molecule has 1 aliphatic heterocycles. The molecule has 1 heterocycles. The fourth-order valence-corrected chi connectivity index (χ4v) is 4.76. The van der Waals surface area contributed by atoms with Crippen LogP contribution >= 0.6 is 23.2 Å². The predicted octanol–water partition coefficient (Wildman–Crippen LogP) is 5.86. The molecule has 5 nitrogen and oxygen atoms in total. The number of rotatable bonds is 9. The largest absolute Gasteiger partial charge is 0.371 e. The first-order valence-corrected chi connectivity index (χ1v) is 13.2. The van der Waals surface area contributed by atoms with E-state index in [2.05, 4.69) is 39.8 Å². The third-order valence-electron chi connectivity index (χ3n) is 6.57. The van der Waals surface area contributed by atoms with Crippen molar-refractivity contribution in [1.29, 1.82) is 0 Å². The molecule has 2 N–H and O–H groups in total. The van der Waals surface area contributed by atoms with Gasteiger partial charge in [0, 0.05) is 31.0 Å². The van der Waals surface area contributed by atoms with Crippen molar-refractivity contribution in [2.45, 2.75) is 30.5 Å². The van der Waals surface area contributed by atoms with Crippen LogP contribution in [0.25, 0.3) is 0 Å². The number of halogens is 2. The molecule has 0 saturated carbocycles. The molecule has 0 unspecified atom stereocenters. The van der Waals surface area contributed by atoms with E-state index in [-0.39, 0.29) is 5.91 Å². The SMILES string of the molecule is O=C(NCCc1ccccc1)c1cc(NC(=O)C(Cl)Cl)ccc1N1CCC(Cc2ccccc2)CC1. The monoisotopic (exact) mass is 523 g/mol. The number of anilines is 2. The van der Waals surface area contributed by atoms with Crippen LogP contribution in [0.15, 0.2) is 78.9 Å². The zero-order chi connectivity index (χ0) is 25.3. The summed E-state index contributed by atoms with van der Waals surface area (Å²) in [6.07, 6.45) is 3.93. The zero-order valence-corrected chi connectivity index (χ0v) is 21.6. The summed E-state index contributed by atoms with van der Waals surface area (Å²) >= 11 is 11.4. The van der Waals surface area contributed by atoms with E-state index in [1.807, 2.05) is 42.5 Å². The van der Waals surface area contributed by atoms with Crippen molar-refractivity contribution in [3.05, 3.63) is 95.6 Å². The van der Waals surface area contributed by atoms with Gasteiger partial charge in [0.1, 0.15) is 0 Å². The third-order valence-corrected chi connectivity index (χ3v) is 6.97. The molecular formula is C29H31Cl2N3O2. The van der Waals surface area contributed by atoms with E-state index in [1.54, 1.807) is 12.1 Å². The Kier molecular flexibility index (Phi) is 9.26. The van der Waals surface area contributed by atoms with Crippen molar-refractivity contribution in [2.75, 3.05) is 29.9 Å². The number of nitrogens with zero attached hydrogens (tertiary/aromatic N) is 1. The van der Waals surface area contributed by atoms with Crippen molar-refractivity contribution in [3.63, 3.8) is 0 Å². The summed E-state index contributed by atoms with van der Waals surface area (Å²) in [5.41, 5.74) is 4.42. The third kappa shape index (κ3) is 7.25. The molecule has 0 atom stereocenters. The van der Waals surface area contributed by atoms with Gasteiger partial charge in [-0.2, -0.15) is 0 Å². The maximum atomic E-state index is 13.3. The highest BCUT2D eigenvalue weighted by Gasteiger charge is 2.24. The second kappa shape index (κ2) is 12.8. The van der Waals surface area contributed by atoms with E-state index in [1.165, 1.54) is 5.56 Å². The van der Waals surface area contributed by atoms with Crippen molar-refractivity contribution in [3.8, 4) is 0 Å². The quantitative estimate of drug-likeness (QED) is 0.345. The lowest BCUT2D eigenvalue weighted by molar-refractivity contribution is -0.114.